The number of likely N-dealkylation sites (tertiary alicyclic amines) is 1. The maximum Gasteiger partial charge on any atom is 0.223 e. The van der Waals surface area contributed by atoms with Crippen molar-refractivity contribution in [3.05, 3.63) is 18.2 Å². The van der Waals surface area contributed by atoms with Crippen LogP contribution in [0, 0.1) is 0 Å². The molecule has 20 heavy (non-hydrogen) atoms. The molecule has 2 heterocycles. The number of piperidine rings is 1. The van der Waals surface area contributed by atoms with Gasteiger partial charge in [0.25, 0.3) is 0 Å². The molecule has 0 bridgehead atoms. The molecule has 0 unspecified atom stereocenters. The Balaban J connectivity index is 1.74. The van der Waals surface area contributed by atoms with Gasteiger partial charge in [0.15, 0.2) is 0 Å². The van der Waals surface area contributed by atoms with Crippen LogP contribution in [-0.4, -0.2) is 57.9 Å². The molecule has 112 valence electrons. The summed E-state index contributed by atoms with van der Waals surface area (Å²) >= 11 is 0. The van der Waals surface area contributed by atoms with Crippen molar-refractivity contribution in [3.63, 3.8) is 0 Å². The van der Waals surface area contributed by atoms with Crippen LogP contribution in [0.5, 0.6) is 0 Å². The first-order valence-corrected chi connectivity index (χ1v) is 7.74. The molecule has 1 saturated heterocycles. The molecule has 0 atom stereocenters. The highest BCUT2D eigenvalue weighted by Crippen LogP contribution is 2.17. The first kappa shape index (κ1) is 15.0. The first-order chi connectivity index (χ1) is 9.74. The standard InChI is InChI=1S/C15H26N4O/c1-3-18(4-2)13-7-11-19(12-8-13)15(20)6-5-14-16-9-10-17-14/h9-10,13H,3-8,11-12H2,1-2H3,(H,16,17). The maximum atomic E-state index is 12.2. The molecule has 1 amide bonds. The predicted octanol–water partition coefficient (Wildman–Crippen LogP) is 1.68. The van der Waals surface area contributed by atoms with Gasteiger partial charge in [0.05, 0.1) is 0 Å². The summed E-state index contributed by atoms with van der Waals surface area (Å²) in [5.74, 6) is 1.16. The number of aromatic nitrogens is 2. The number of carbonyl (C=O) groups excluding carboxylic acids is 1. The number of imidazole rings is 1. The van der Waals surface area contributed by atoms with Crippen LogP contribution in [0.15, 0.2) is 12.4 Å². The number of aromatic amines is 1. The fourth-order valence-electron chi connectivity index (χ4n) is 3.04. The van der Waals surface area contributed by atoms with Crippen LogP contribution in [0.2, 0.25) is 0 Å². The third kappa shape index (κ3) is 3.82. The summed E-state index contributed by atoms with van der Waals surface area (Å²) in [4.78, 5) is 23.9. The highest BCUT2D eigenvalue weighted by molar-refractivity contribution is 5.76. The van der Waals surface area contributed by atoms with Gasteiger partial charge in [-0.25, -0.2) is 4.98 Å². The topological polar surface area (TPSA) is 52.2 Å². The fraction of sp³-hybridized carbons (Fsp3) is 0.733. The summed E-state index contributed by atoms with van der Waals surface area (Å²) < 4.78 is 0. The summed E-state index contributed by atoms with van der Waals surface area (Å²) in [6.07, 6.45) is 7.01. The van der Waals surface area contributed by atoms with E-state index in [1.54, 1.807) is 12.4 Å². The lowest BCUT2D eigenvalue weighted by Crippen LogP contribution is -2.46. The lowest BCUT2D eigenvalue weighted by molar-refractivity contribution is -0.132. The molecule has 1 aromatic heterocycles. The van der Waals surface area contributed by atoms with Crippen molar-refractivity contribution >= 4 is 5.91 Å². The predicted molar refractivity (Wildman–Crippen MR) is 79.4 cm³/mol. The van der Waals surface area contributed by atoms with E-state index in [-0.39, 0.29) is 5.91 Å². The SMILES string of the molecule is CCN(CC)C1CCN(C(=O)CCc2ncc[nH]2)CC1. The first-order valence-electron chi connectivity index (χ1n) is 7.74. The Hall–Kier alpha value is -1.36. The van der Waals surface area contributed by atoms with E-state index in [4.69, 9.17) is 0 Å². The third-order valence-electron chi connectivity index (χ3n) is 4.28. The summed E-state index contributed by atoms with van der Waals surface area (Å²) in [5, 5.41) is 0. The van der Waals surface area contributed by atoms with Crippen molar-refractivity contribution in [2.24, 2.45) is 0 Å². The van der Waals surface area contributed by atoms with Crippen molar-refractivity contribution < 1.29 is 4.79 Å². The van der Waals surface area contributed by atoms with Gasteiger partial charge in [0.1, 0.15) is 5.82 Å². The molecule has 1 fully saturated rings. The molecule has 0 radical (unpaired) electrons. The van der Waals surface area contributed by atoms with Gasteiger partial charge in [-0.05, 0) is 25.9 Å². The van der Waals surface area contributed by atoms with E-state index >= 15 is 0 Å². The molecule has 0 saturated carbocycles. The van der Waals surface area contributed by atoms with E-state index in [1.165, 1.54) is 0 Å². The minimum atomic E-state index is 0.263. The number of hydrogen-bond donors (Lipinski definition) is 1. The number of carbonyl (C=O) groups is 1. The zero-order valence-electron chi connectivity index (χ0n) is 12.6. The molecule has 1 N–H and O–H groups in total. The normalized spacial score (nSPS) is 16.9. The fourth-order valence-corrected chi connectivity index (χ4v) is 3.04. The second-order valence-electron chi connectivity index (χ2n) is 5.37. The van der Waals surface area contributed by atoms with Crippen molar-refractivity contribution in [1.82, 2.24) is 19.8 Å². The molecule has 5 heteroatoms. The van der Waals surface area contributed by atoms with Crippen LogP contribution >= 0.6 is 0 Å². The van der Waals surface area contributed by atoms with Gasteiger partial charge in [-0.1, -0.05) is 13.8 Å². The largest absolute Gasteiger partial charge is 0.349 e. The summed E-state index contributed by atoms with van der Waals surface area (Å²) in [6.45, 7) is 8.44. The molecule has 1 aromatic rings. The van der Waals surface area contributed by atoms with Crippen LogP contribution in [0.1, 0.15) is 38.9 Å². The van der Waals surface area contributed by atoms with Gasteiger partial charge in [-0.3, -0.25) is 4.79 Å². The summed E-state index contributed by atoms with van der Waals surface area (Å²) in [7, 11) is 0. The number of nitrogens with one attached hydrogen (secondary N) is 1. The van der Waals surface area contributed by atoms with Gasteiger partial charge in [0, 0.05) is 44.4 Å². The number of H-pyrrole nitrogens is 1. The Labute approximate surface area is 121 Å². The van der Waals surface area contributed by atoms with E-state index in [0.717, 1.165) is 44.8 Å². The van der Waals surface area contributed by atoms with Gasteiger partial charge in [-0.2, -0.15) is 0 Å². The average Bonchev–Trinajstić information content (AvgIpc) is 3.00. The monoisotopic (exact) mass is 278 g/mol. The van der Waals surface area contributed by atoms with Crippen LogP contribution in [0.4, 0.5) is 0 Å². The molecule has 2 rings (SSSR count). The molecule has 5 nitrogen and oxygen atoms in total. The second-order valence-corrected chi connectivity index (χ2v) is 5.37. The van der Waals surface area contributed by atoms with Gasteiger partial charge in [-0.15, -0.1) is 0 Å². The number of rotatable bonds is 6. The summed E-state index contributed by atoms with van der Waals surface area (Å²) in [6, 6.07) is 0.652. The highest BCUT2D eigenvalue weighted by atomic mass is 16.2. The van der Waals surface area contributed by atoms with E-state index in [1.807, 2.05) is 4.90 Å². The van der Waals surface area contributed by atoms with Crippen LogP contribution < -0.4 is 0 Å². The summed E-state index contributed by atoms with van der Waals surface area (Å²) in [5.41, 5.74) is 0. The Morgan fingerprint density at radius 1 is 1.40 bits per heavy atom. The van der Waals surface area contributed by atoms with E-state index < -0.39 is 0 Å². The molecule has 0 aromatic carbocycles. The number of nitrogens with zero attached hydrogens (tertiary/aromatic N) is 3. The van der Waals surface area contributed by atoms with E-state index in [2.05, 4.69) is 28.7 Å². The van der Waals surface area contributed by atoms with Crippen molar-refractivity contribution in [1.29, 1.82) is 0 Å². The van der Waals surface area contributed by atoms with Gasteiger partial charge < -0.3 is 14.8 Å². The Kier molecular flexibility index (Phi) is 5.59. The van der Waals surface area contributed by atoms with Crippen molar-refractivity contribution in [2.75, 3.05) is 26.2 Å². The zero-order valence-corrected chi connectivity index (χ0v) is 12.6. The third-order valence-corrected chi connectivity index (χ3v) is 4.28. The van der Waals surface area contributed by atoms with Crippen LogP contribution in [0.25, 0.3) is 0 Å². The number of aryl methyl sites for hydroxylation is 1. The molecule has 1 aliphatic rings. The van der Waals surface area contributed by atoms with Gasteiger partial charge >= 0.3 is 0 Å². The van der Waals surface area contributed by atoms with Crippen molar-refractivity contribution in [3.8, 4) is 0 Å². The molecule has 1 aliphatic heterocycles. The minimum absolute atomic E-state index is 0.263. The number of amides is 1. The maximum absolute atomic E-state index is 12.2. The lowest BCUT2D eigenvalue weighted by Gasteiger charge is -2.37. The smallest absolute Gasteiger partial charge is 0.223 e. The molecule has 0 spiro atoms. The van der Waals surface area contributed by atoms with E-state index in [0.29, 0.717) is 18.9 Å². The lowest BCUT2D eigenvalue weighted by atomic mass is 10.0. The average molecular weight is 278 g/mol. The van der Waals surface area contributed by atoms with Crippen LogP contribution in [0.3, 0.4) is 0 Å². The van der Waals surface area contributed by atoms with Crippen LogP contribution in [-0.2, 0) is 11.2 Å². The Bertz CT molecular complexity index is 392. The quantitative estimate of drug-likeness (QED) is 0.861. The molecule has 0 aliphatic carbocycles. The van der Waals surface area contributed by atoms with E-state index in [9.17, 15) is 4.79 Å². The Morgan fingerprint density at radius 3 is 2.65 bits per heavy atom. The Morgan fingerprint density at radius 2 is 2.10 bits per heavy atom. The highest BCUT2D eigenvalue weighted by Gasteiger charge is 2.25. The second kappa shape index (κ2) is 7.43. The molecular weight excluding hydrogens is 252 g/mol. The minimum Gasteiger partial charge on any atom is -0.349 e. The van der Waals surface area contributed by atoms with Crippen molar-refractivity contribution in [2.45, 2.75) is 45.6 Å². The number of hydrogen-bond acceptors (Lipinski definition) is 3. The molecular formula is C15H26N4O. The van der Waals surface area contributed by atoms with Gasteiger partial charge in [0.2, 0.25) is 5.91 Å². The zero-order chi connectivity index (χ0) is 14.4.